The molecule has 2 heterocycles. The Morgan fingerprint density at radius 2 is 1.78 bits per heavy atom. The van der Waals surface area contributed by atoms with Gasteiger partial charge in [-0.1, -0.05) is 23.7 Å². The summed E-state index contributed by atoms with van der Waals surface area (Å²) in [6.07, 6.45) is 1.55. The molecule has 0 aromatic heterocycles. The van der Waals surface area contributed by atoms with Crippen molar-refractivity contribution in [3.05, 3.63) is 58.1 Å². The summed E-state index contributed by atoms with van der Waals surface area (Å²) in [5.41, 5.74) is -1.49. The van der Waals surface area contributed by atoms with Gasteiger partial charge in [-0.05, 0) is 36.6 Å². The predicted octanol–water partition coefficient (Wildman–Crippen LogP) is 3.22. The van der Waals surface area contributed by atoms with Crippen LogP contribution < -0.4 is 15.1 Å². The minimum Gasteiger partial charge on any atom is -0.480 e. The minimum atomic E-state index is -1.98. The third-order valence-corrected chi connectivity index (χ3v) is 6.91. The van der Waals surface area contributed by atoms with Gasteiger partial charge in [0.25, 0.3) is 0 Å². The Hall–Kier alpha value is -2.71. The van der Waals surface area contributed by atoms with Crippen molar-refractivity contribution in [1.82, 2.24) is 5.32 Å². The van der Waals surface area contributed by atoms with Gasteiger partial charge in [0.15, 0.2) is 17.0 Å². The molecule has 0 spiro atoms. The fraction of sp³-hybridized carbons (Fsp3) is 0.391. The molecule has 1 unspecified atom stereocenters. The van der Waals surface area contributed by atoms with E-state index < -0.39 is 28.8 Å². The number of carbonyl (C=O) groups is 2. The molecule has 0 radical (unpaired) electrons. The molecule has 2 aromatic rings. The molecule has 2 aromatic carbocycles. The smallest absolute Gasteiger partial charge is 0.323 e. The first-order valence-corrected chi connectivity index (χ1v) is 11.0. The van der Waals surface area contributed by atoms with Gasteiger partial charge >= 0.3 is 5.97 Å². The summed E-state index contributed by atoms with van der Waals surface area (Å²) >= 11 is 6.48. The second-order valence-electron chi connectivity index (χ2n) is 8.56. The molecule has 5 rings (SSSR count). The van der Waals surface area contributed by atoms with Gasteiger partial charge in [-0.25, -0.2) is 8.78 Å². The number of carboxylic acids is 1. The zero-order valence-electron chi connectivity index (χ0n) is 17.2. The first-order chi connectivity index (χ1) is 15.3. The number of carboxylic acid groups (broad SMARTS) is 1. The van der Waals surface area contributed by atoms with Crippen molar-refractivity contribution in [2.24, 2.45) is 0 Å². The highest BCUT2D eigenvalue weighted by molar-refractivity contribution is 6.34. The third-order valence-electron chi connectivity index (χ3n) is 6.62. The highest BCUT2D eigenvalue weighted by Crippen LogP contribution is 2.49. The van der Waals surface area contributed by atoms with Crippen LogP contribution in [0.5, 0.6) is 0 Å². The molecule has 9 heteroatoms. The van der Waals surface area contributed by atoms with Crippen LogP contribution in [-0.2, 0) is 10.2 Å². The Bertz CT molecular complexity index is 1100. The molecule has 2 aliphatic heterocycles. The van der Waals surface area contributed by atoms with Crippen molar-refractivity contribution in [2.45, 2.75) is 24.3 Å². The molecule has 32 heavy (non-hydrogen) atoms. The third kappa shape index (κ3) is 3.16. The number of carbonyl (C=O) groups excluding carboxylic acids is 1. The quantitative estimate of drug-likeness (QED) is 0.681. The Labute approximate surface area is 188 Å². The van der Waals surface area contributed by atoms with E-state index in [1.165, 1.54) is 18.2 Å². The zero-order valence-corrected chi connectivity index (χ0v) is 18.0. The number of anilines is 2. The van der Waals surface area contributed by atoms with Gasteiger partial charge in [0.2, 0.25) is 0 Å². The highest BCUT2D eigenvalue weighted by atomic mass is 35.5. The van der Waals surface area contributed by atoms with Crippen molar-refractivity contribution >= 4 is 34.7 Å². The van der Waals surface area contributed by atoms with E-state index >= 15 is 4.39 Å². The lowest BCUT2D eigenvalue weighted by atomic mass is 9.71. The van der Waals surface area contributed by atoms with Gasteiger partial charge in [-0.2, -0.15) is 0 Å². The Morgan fingerprint density at radius 3 is 2.38 bits per heavy atom. The minimum absolute atomic E-state index is 0.0451. The van der Waals surface area contributed by atoms with Crippen LogP contribution in [0.4, 0.5) is 20.2 Å². The monoisotopic (exact) mass is 461 g/mol. The number of ketones is 1. The van der Waals surface area contributed by atoms with Gasteiger partial charge in [0.05, 0.1) is 16.4 Å². The van der Waals surface area contributed by atoms with Crippen LogP contribution in [0.15, 0.2) is 30.3 Å². The van der Waals surface area contributed by atoms with Crippen LogP contribution in [0.2, 0.25) is 5.02 Å². The molecule has 6 nitrogen and oxygen atoms in total. The van der Waals surface area contributed by atoms with Crippen LogP contribution in [0, 0.1) is 11.6 Å². The van der Waals surface area contributed by atoms with E-state index in [1.54, 1.807) is 4.90 Å². The van der Waals surface area contributed by atoms with E-state index in [0.29, 0.717) is 26.2 Å². The summed E-state index contributed by atoms with van der Waals surface area (Å²) in [5, 5.41) is 13.5. The summed E-state index contributed by atoms with van der Waals surface area (Å²) in [5.74, 6) is -3.22. The van der Waals surface area contributed by atoms with Gasteiger partial charge in [0.1, 0.15) is 5.82 Å². The second-order valence-corrected chi connectivity index (χ2v) is 8.97. The Morgan fingerprint density at radius 1 is 1.12 bits per heavy atom. The summed E-state index contributed by atoms with van der Waals surface area (Å²) in [6.45, 7) is 2.29. The van der Waals surface area contributed by atoms with Crippen molar-refractivity contribution in [3.8, 4) is 0 Å². The number of rotatable bonds is 4. The number of hydrogen-bond acceptors (Lipinski definition) is 5. The van der Waals surface area contributed by atoms with Crippen LogP contribution in [-0.4, -0.2) is 55.6 Å². The number of aliphatic carboxylic acids is 1. The maximum absolute atomic E-state index is 16.0. The van der Waals surface area contributed by atoms with E-state index in [4.69, 9.17) is 11.6 Å². The average Bonchev–Trinajstić information content (AvgIpc) is 3.61. The summed E-state index contributed by atoms with van der Waals surface area (Å²) in [6, 6.07) is 6.22. The Kier molecular flexibility index (Phi) is 5.09. The van der Waals surface area contributed by atoms with Gasteiger partial charge in [-0.15, -0.1) is 0 Å². The standard InChI is InChI=1S/C23H22ClF2N3O3/c24-17-11-16-19(18(26)20(17)28-9-7-27-8-10-28)29(15-5-6-15)12-23(21(16)30,22(31)32)13-1-3-14(25)4-2-13/h1-4,11,15,27H,5-10,12H2,(H,31,32). The predicted molar refractivity (Wildman–Crippen MR) is 117 cm³/mol. The van der Waals surface area contributed by atoms with Gasteiger partial charge < -0.3 is 20.2 Å². The summed E-state index contributed by atoms with van der Waals surface area (Å²) < 4.78 is 29.5. The van der Waals surface area contributed by atoms with Crippen LogP contribution in [0.3, 0.4) is 0 Å². The van der Waals surface area contributed by atoms with Crippen LogP contribution >= 0.6 is 11.6 Å². The fourth-order valence-corrected chi connectivity index (χ4v) is 5.12. The topological polar surface area (TPSA) is 72.9 Å². The molecular weight excluding hydrogens is 440 g/mol. The first kappa shape index (κ1) is 21.2. The number of piperazine rings is 1. The molecule has 0 bridgehead atoms. The number of fused-ring (bicyclic) bond motifs is 1. The molecule has 2 N–H and O–H groups in total. The summed E-state index contributed by atoms with van der Waals surface area (Å²) in [4.78, 5) is 29.8. The van der Waals surface area contributed by atoms with Crippen molar-refractivity contribution in [3.63, 3.8) is 0 Å². The highest BCUT2D eigenvalue weighted by Gasteiger charge is 2.56. The maximum atomic E-state index is 16.0. The molecule has 1 saturated heterocycles. The van der Waals surface area contributed by atoms with Gasteiger partial charge in [0, 0.05) is 44.3 Å². The first-order valence-electron chi connectivity index (χ1n) is 10.6. The van der Waals surface area contributed by atoms with E-state index in [2.05, 4.69) is 5.32 Å². The fourth-order valence-electron chi connectivity index (χ4n) is 4.81. The molecule has 1 saturated carbocycles. The zero-order chi connectivity index (χ0) is 22.6. The lowest BCUT2D eigenvalue weighted by molar-refractivity contribution is -0.141. The average molecular weight is 462 g/mol. The molecule has 0 amide bonds. The van der Waals surface area contributed by atoms with Crippen LogP contribution in [0.25, 0.3) is 0 Å². The lowest BCUT2D eigenvalue weighted by Gasteiger charge is -2.42. The van der Waals surface area contributed by atoms with E-state index in [-0.39, 0.29) is 40.1 Å². The molecule has 1 atom stereocenters. The second kappa shape index (κ2) is 7.71. The molecular formula is C23H22ClF2N3O3. The SMILES string of the molecule is O=C(O)C1(c2ccc(F)cc2)CN(C2CC2)c2c(cc(Cl)c(N3CCNCC3)c2F)C1=O. The van der Waals surface area contributed by atoms with Crippen LogP contribution in [0.1, 0.15) is 28.8 Å². The summed E-state index contributed by atoms with van der Waals surface area (Å²) in [7, 11) is 0. The lowest BCUT2D eigenvalue weighted by Crippen LogP contribution is -2.57. The van der Waals surface area contributed by atoms with Crippen molar-refractivity contribution in [1.29, 1.82) is 0 Å². The molecule has 1 aliphatic carbocycles. The van der Waals surface area contributed by atoms with E-state index in [9.17, 15) is 19.1 Å². The molecule has 3 aliphatic rings. The van der Waals surface area contributed by atoms with Crippen molar-refractivity contribution in [2.75, 3.05) is 42.5 Å². The Balaban J connectivity index is 1.71. The molecule has 2 fully saturated rings. The number of halogens is 3. The largest absolute Gasteiger partial charge is 0.480 e. The number of benzene rings is 2. The maximum Gasteiger partial charge on any atom is 0.323 e. The number of Topliss-reactive ketones (excluding diaryl/α,β-unsaturated/α-hetero) is 1. The number of nitrogens with zero attached hydrogens (tertiary/aromatic N) is 2. The van der Waals surface area contributed by atoms with Gasteiger partial charge in [-0.3, -0.25) is 9.59 Å². The van der Waals surface area contributed by atoms with Crippen molar-refractivity contribution < 1.29 is 23.5 Å². The normalized spacial score (nSPS) is 23.3. The van der Waals surface area contributed by atoms with E-state index in [0.717, 1.165) is 25.0 Å². The molecule has 168 valence electrons. The number of nitrogens with one attached hydrogen (secondary N) is 1. The van der Waals surface area contributed by atoms with E-state index in [1.807, 2.05) is 4.90 Å². The number of hydrogen-bond donors (Lipinski definition) is 2.